The molecule has 0 aliphatic rings. The quantitative estimate of drug-likeness (QED) is 0.537. The second-order valence-corrected chi connectivity index (χ2v) is 13.1. The summed E-state index contributed by atoms with van der Waals surface area (Å²) in [5, 5.41) is 0.116. The Hall–Kier alpha value is 0.747. The van der Waals surface area contributed by atoms with Crippen LogP contribution in [0.15, 0.2) is 0 Å². The van der Waals surface area contributed by atoms with Crippen molar-refractivity contribution in [3.63, 3.8) is 0 Å². The van der Waals surface area contributed by atoms with Crippen LogP contribution >= 0.6 is 6.72 Å². The van der Waals surface area contributed by atoms with E-state index in [0.717, 1.165) is 0 Å². The zero-order valence-corrected chi connectivity index (χ0v) is 14.2. The minimum atomic E-state index is -2.54. The van der Waals surface area contributed by atoms with Gasteiger partial charge in [-0.05, 0) is 43.8 Å². The predicted molar refractivity (Wildman–Crippen MR) is 75.8 cm³/mol. The van der Waals surface area contributed by atoms with Crippen molar-refractivity contribution in [2.75, 3.05) is 13.2 Å². The summed E-state index contributed by atoms with van der Waals surface area (Å²) in [6, 6.07) is 0. The number of rotatable bonds is 6. The molecule has 6 heteroatoms. The van der Waals surface area contributed by atoms with E-state index in [1.54, 1.807) is 0 Å². The number of hydrogen-bond acceptors (Lipinski definition) is 4. The lowest BCUT2D eigenvalue weighted by molar-refractivity contribution is 0.213. The summed E-state index contributed by atoms with van der Waals surface area (Å²) in [5.41, 5.74) is 0. The molecule has 0 heterocycles. The lowest BCUT2D eigenvalue weighted by Gasteiger charge is -2.39. The molecule has 0 saturated carbocycles. The van der Waals surface area contributed by atoms with Crippen LogP contribution in [0.4, 0.5) is 0 Å². The fourth-order valence-corrected chi connectivity index (χ4v) is 7.59. The molecule has 98 valence electrons. The van der Waals surface area contributed by atoms with E-state index in [1.165, 1.54) is 0 Å². The fraction of sp³-hybridized carbons (Fsp3) is 1.00. The first kappa shape index (κ1) is 16.7. The van der Waals surface area contributed by atoms with E-state index in [0.29, 0.717) is 13.2 Å². The molecule has 16 heavy (non-hydrogen) atoms. The van der Waals surface area contributed by atoms with Gasteiger partial charge < -0.3 is 13.3 Å². The van der Waals surface area contributed by atoms with Crippen molar-refractivity contribution in [3.05, 3.63) is 0 Å². The smallest absolute Gasteiger partial charge is 0.317 e. The van der Waals surface area contributed by atoms with Crippen molar-refractivity contribution >= 4 is 26.8 Å². The molecule has 0 atom stereocenters. The van der Waals surface area contributed by atoms with Crippen molar-refractivity contribution in [2.45, 2.75) is 52.8 Å². The first-order valence-corrected chi connectivity index (χ1v) is 11.1. The predicted octanol–water partition coefficient (Wildman–Crippen LogP) is 4.31. The van der Waals surface area contributed by atoms with Gasteiger partial charge in [-0.15, -0.1) is 0 Å². The summed E-state index contributed by atoms with van der Waals surface area (Å²) in [4.78, 5) is 0. The summed E-state index contributed by atoms with van der Waals surface area (Å²) in [7, 11) is -1.92. The molecular formula is C10H25O3PSSi. The van der Waals surface area contributed by atoms with Gasteiger partial charge in [0.2, 0.25) is 8.32 Å². The van der Waals surface area contributed by atoms with Gasteiger partial charge in [0, 0.05) is 0 Å². The van der Waals surface area contributed by atoms with Gasteiger partial charge in [0.1, 0.15) is 0 Å². The lowest BCUT2D eigenvalue weighted by Crippen LogP contribution is -2.40. The van der Waals surface area contributed by atoms with Crippen LogP contribution < -0.4 is 0 Å². The van der Waals surface area contributed by atoms with Crippen LogP contribution in [-0.2, 0) is 25.1 Å². The van der Waals surface area contributed by atoms with E-state index in [2.05, 4.69) is 33.9 Å². The first-order valence-electron chi connectivity index (χ1n) is 5.68. The second-order valence-electron chi connectivity index (χ2n) is 5.13. The highest BCUT2D eigenvalue weighted by Crippen LogP contribution is 2.55. The molecule has 0 aromatic rings. The molecule has 0 spiro atoms. The molecule has 0 aromatic heterocycles. The molecule has 0 amide bonds. The minimum Gasteiger partial charge on any atom is -0.350 e. The summed E-state index contributed by atoms with van der Waals surface area (Å²) in [5.74, 6) is 0. The molecule has 0 radical (unpaired) electrons. The normalized spacial score (nSPS) is 14.2. The fourth-order valence-electron chi connectivity index (χ4n) is 0.823. The molecule has 0 aromatic carbocycles. The molecule has 3 nitrogen and oxygen atoms in total. The third-order valence-electron chi connectivity index (χ3n) is 2.72. The van der Waals surface area contributed by atoms with E-state index < -0.39 is 15.0 Å². The molecule has 0 aliphatic carbocycles. The SMILES string of the molecule is CCOP(=S)(OCC)O[Si](C)(C)C(C)(C)C. The summed E-state index contributed by atoms with van der Waals surface area (Å²) < 4.78 is 17.1. The maximum Gasteiger partial charge on any atom is 0.317 e. The van der Waals surface area contributed by atoms with E-state index >= 15 is 0 Å². The molecular weight excluding hydrogens is 259 g/mol. The van der Waals surface area contributed by atoms with Gasteiger partial charge in [-0.25, -0.2) is 0 Å². The van der Waals surface area contributed by atoms with Gasteiger partial charge in [-0.3, -0.25) is 0 Å². The third kappa shape index (κ3) is 4.94. The average Bonchev–Trinajstić information content (AvgIpc) is 2.00. The maximum absolute atomic E-state index is 6.09. The maximum atomic E-state index is 6.09. The van der Waals surface area contributed by atoms with Gasteiger partial charge in [0.05, 0.1) is 13.2 Å². The summed E-state index contributed by atoms with van der Waals surface area (Å²) >= 11 is 5.40. The van der Waals surface area contributed by atoms with Gasteiger partial charge in [-0.1, -0.05) is 20.8 Å². The van der Waals surface area contributed by atoms with Crippen LogP contribution in [0.1, 0.15) is 34.6 Å². The van der Waals surface area contributed by atoms with E-state index in [9.17, 15) is 0 Å². The molecule has 0 saturated heterocycles. The van der Waals surface area contributed by atoms with Crippen LogP contribution in [0.5, 0.6) is 0 Å². The standard InChI is InChI=1S/C10H25O3PSSi/c1-8-11-14(15,12-9-2)13-16(6,7)10(3,4)5/h8-9H2,1-7H3. The monoisotopic (exact) mass is 284 g/mol. The van der Waals surface area contributed by atoms with E-state index in [4.69, 9.17) is 25.1 Å². The van der Waals surface area contributed by atoms with Crippen molar-refractivity contribution in [3.8, 4) is 0 Å². The Morgan fingerprint density at radius 2 is 1.44 bits per heavy atom. The molecule has 0 bridgehead atoms. The molecule has 0 rings (SSSR count). The Kier molecular flexibility index (Phi) is 6.36. The highest BCUT2D eigenvalue weighted by Gasteiger charge is 2.42. The van der Waals surface area contributed by atoms with Crippen molar-refractivity contribution in [2.24, 2.45) is 0 Å². The molecule has 0 fully saturated rings. The van der Waals surface area contributed by atoms with Gasteiger partial charge in [0.25, 0.3) is 0 Å². The Morgan fingerprint density at radius 3 is 1.69 bits per heavy atom. The van der Waals surface area contributed by atoms with Gasteiger partial charge >= 0.3 is 6.72 Å². The molecule has 0 unspecified atom stereocenters. The van der Waals surface area contributed by atoms with Crippen LogP contribution in [0, 0.1) is 0 Å². The summed E-state index contributed by atoms with van der Waals surface area (Å²) in [6.07, 6.45) is 0. The van der Waals surface area contributed by atoms with Crippen LogP contribution in [0.2, 0.25) is 18.1 Å². The zero-order chi connectivity index (χ0) is 13.0. The van der Waals surface area contributed by atoms with E-state index in [1.807, 2.05) is 13.8 Å². The molecule has 0 N–H and O–H groups in total. The summed E-state index contributed by atoms with van der Waals surface area (Å²) in [6.45, 7) is 13.2. The topological polar surface area (TPSA) is 27.7 Å². The third-order valence-corrected chi connectivity index (χ3v) is 11.5. The Morgan fingerprint density at radius 1 is 1.06 bits per heavy atom. The highest BCUT2D eigenvalue weighted by molar-refractivity contribution is 8.08. The largest absolute Gasteiger partial charge is 0.350 e. The lowest BCUT2D eigenvalue weighted by atomic mass is 10.2. The second kappa shape index (κ2) is 6.07. The van der Waals surface area contributed by atoms with Crippen LogP contribution in [0.3, 0.4) is 0 Å². The first-order chi connectivity index (χ1) is 7.08. The van der Waals surface area contributed by atoms with Crippen molar-refractivity contribution in [1.29, 1.82) is 0 Å². The highest BCUT2D eigenvalue weighted by atomic mass is 32.5. The van der Waals surface area contributed by atoms with Crippen molar-refractivity contribution in [1.82, 2.24) is 0 Å². The zero-order valence-electron chi connectivity index (χ0n) is 11.5. The van der Waals surface area contributed by atoms with E-state index in [-0.39, 0.29) is 5.04 Å². The van der Waals surface area contributed by atoms with Gasteiger partial charge in [-0.2, -0.15) is 0 Å². The average molecular weight is 284 g/mol. The Balaban J connectivity index is 4.82. The number of hydrogen-bond donors (Lipinski definition) is 0. The van der Waals surface area contributed by atoms with Crippen LogP contribution in [-0.4, -0.2) is 21.5 Å². The Labute approximate surface area is 106 Å². The van der Waals surface area contributed by atoms with Crippen molar-refractivity contribution < 1.29 is 13.3 Å². The minimum absolute atomic E-state index is 0.116. The Bertz CT molecular complexity index is 253. The molecule has 0 aliphatic heterocycles. The van der Waals surface area contributed by atoms with Gasteiger partial charge in [0.15, 0.2) is 0 Å². The van der Waals surface area contributed by atoms with Crippen LogP contribution in [0.25, 0.3) is 0 Å².